The third-order valence-corrected chi connectivity index (χ3v) is 3.57. The molecule has 2 heteroatoms. The molecule has 1 aromatic rings. The molecule has 0 saturated heterocycles. The summed E-state index contributed by atoms with van der Waals surface area (Å²) in [6.07, 6.45) is 3.60. The first-order valence-electron chi connectivity index (χ1n) is 7.69. The van der Waals surface area contributed by atoms with Crippen LogP contribution in [0, 0.1) is 0 Å². The Kier molecular flexibility index (Phi) is 7.57. The Morgan fingerprint density at radius 2 is 1.84 bits per heavy atom. The van der Waals surface area contributed by atoms with Gasteiger partial charge in [0.25, 0.3) is 0 Å². The van der Waals surface area contributed by atoms with E-state index in [4.69, 9.17) is 4.74 Å². The molecule has 19 heavy (non-hydrogen) atoms. The molecular formula is C17H29NO. The minimum absolute atomic E-state index is 0.481. The summed E-state index contributed by atoms with van der Waals surface area (Å²) < 4.78 is 5.76. The lowest BCUT2D eigenvalue weighted by Crippen LogP contribution is -2.34. The van der Waals surface area contributed by atoms with E-state index in [1.54, 1.807) is 0 Å². The number of rotatable bonds is 9. The van der Waals surface area contributed by atoms with Gasteiger partial charge in [-0.25, -0.2) is 0 Å². The molecule has 0 aromatic heterocycles. The quantitative estimate of drug-likeness (QED) is 0.715. The fraction of sp³-hybridized carbons (Fsp3) is 0.647. The van der Waals surface area contributed by atoms with Crippen LogP contribution in [0.4, 0.5) is 0 Å². The Morgan fingerprint density at radius 3 is 2.47 bits per heavy atom. The third-order valence-electron chi connectivity index (χ3n) is 3.57. The van der Waals surface area contributed by atoms with E-state index in [2.05, 4.69) is 50.4 Å². The molecule has 1 rings (SSSR count). The molecule has 0 aliphatic heterocycles. The average Bonchev–Trinajstić information content (AvgIpc) is 2.44. The molecule has 0 spiro atoms. The maximum atomic E-state index is 5.76. The van der Waals surface area contributed by atoms with E-state index in [1.165, 1.54) is 24.8 Å². The van der Waals surface area contributed by atoms with Gasteiger partial charge in [0, 0.05) is 12.0 Å². The summed E-state index contributed by atoms with van der Waals surface area (Å²) in [4.78, 5) is 0. The summed E-state index contributed by atoms with van der Waals surface area (Å²) in [5, 5.41) is 3.68. The normalized spacial score (nSPS) is 14.1. The van der Waals surface area contributed by atoms with Gasteiger partial charge in [0.05, 0.1) is 6.61 Å². The van der Waals surface area contributed by atoms with Crippen molar-refractivity contribution in [1.82, 2.24) is 5.32 Å². The zero-order chi connectivity index (χ0) is 14.1. The van der Waals surface area contributed by atoms with Crippen LogP contribution >= 0.6 is 0 Å². The van der Waals surface area contributed by atoms with E-state index < -0.39 is 0 Å². The van der Waals surface area contributed by atoms with Crippen molar-refractivity contribution in [2.24, 2.45) is 0 Å². The number of hydrogen-bond acceptors (Lipinski definition) is 2. The van der Waals surface area contributed by atoms with Gasteiger partial charge in [0.2, 0.25) is 0 Å². The van der Waals surface area contributed by atoms with Crippen molar-refractivity contribution in [3.05, 3.63) is 29.8 Å². The van der Waals surface area contributed by atoms with Gasteiger partial charge in [0.1, 0.15) is 5.75 Å². The van der Waals surface area contributed by atoms with Gasteiger partial charge < -0.3 is 10.1 Å². The second-order valence-electron chi connectivity index (χ2n) is 5.11. The zero-order valence-corrected chi connectivity index (χ0v) is 12.9. The fourth-order valence-corrected chi connectivity index (χ4v) is 2.53. The summed E-state index contributed by atoms with van der Waals surface area (Å²) in [6.45, 7) is 10.6. The van der Waals surface area contributed by atoms with Crippen LogP contribution in [0.15, 0.2) is 24.3 Å². The smallest absolute Gasteiger partial charge is 0.122 e. The van der Waals surface area contributed by atoms with Crippen LogP contribution < -0.4 is 10.1 Å². The van der Waals surface area contributed by atoms with E-state index >= 15 is 0 Å². The average molecular weight is 263 g/mol. The summed E-state index contributed by atoms with van der Waals surface area (Å²) in [5.74, 6) is 1.52. The van der Waals surface area contributed by atoms with Crippen molar-refractivity contribution in [3.8, 4) is 5.75 Å². The van der Waals surface area contributed by atoms with Crippen LogP contribution in [-0.4, -0.2) is 19.2 Å². The predicted octanol–water partition coefficient (Wildman–Crippen LogP) is 4.36. The first kappa shape index (κ1) is 16.0. The van der Waals surface area contributed by atoms with Gasteiger partial charge in [0.15, 0.2) is 0 Å². The summed E-state index contributed by atoms with van der Waals surface area (Å²) in [6, 6.07) is 8.98. The van der Waals surface area contributed by atoms with Crippen molar-refractivity contribution in [1.29, 1.82) is 0 Å². The van der Waals surface area contributed by atoms with E-state index in [-0.39, 0.29) is 0 Å². The van der Waals surface area contributed by atoms with E-state index in [1.807, 2.05) is 6.92 Å². The molecular weight excluding hydrogens is 234 g/mol. The summed E-state index contributed by atoms with van der Waals surface area (Å²) >= 11 is 0. The van der Waals surface area contributed by atoms with Crippen LogP contribution in [0.1, 0.15) is 58.4 Å². The molecule has 108 valence electrons. The highest BCUT2D eigenvalue weighted by atomic mass is 16.5. The topological polar surface area (TPSA) is 21.3 Å². The Balaban J connectivity index is 2.84. The number of ether oxygens (including phenoxy) is 1. The van der Waals surface area contributed by atoms with Gasteiger partial charge in [-0.2, -0.15) is 0 Å². The van der Waals surface area contributed by atoms with Gasteiger partial charge in [-0.3, -0.25) is 0 Å². The van der Waals surface area contributed by atoms with Crippen molar-refractivity contribution >= 4 is 0 Å². The van der Waals surface area contributed by atoms with Crippen molar-refractivity contribution in [3.63, 3.8) is 0 Å². The Morgan fingerprint density at radius 1 is 1.11 bits per heavy atom. The molecule has 2 atom stereocenters. The second-order valence-corrected chi connectivity index (χ2v) is 5.11. The molecule has 1 aromatic carbocycles. The first-order chi connectivity index (χ1) is 9.24. The molecule has 0 radical (unpaired) electrons. The van der Waals surface area contributed by atoms with Crippen LogP contribution in [0.3, 0.4) is 0 Å². The Bertz CT molecular complexity index is 351. The third kappa shape index (κ3) is 4.87. The lowest BCUT2D eigenvalue weighted by Gasteiger charge is -2.26. The Labute approximate surface area is 118 Å². The van der Waals surface area contributed by atoms with Crippen LogP contribution in [0.5, 0.6) is 5.75 Å². The number of hydrogen-bond donors (Lipinski definition) is 1. The lowest BCUT2D eigenvalue weighted by atomic mass is 9.89. The zero-order valence-electron chi connectivity index (χ0n) is 12.9. The van der Waals surface area contributed by atoms with E-state index in [9.17, 15) is 0 Å². The number of para-hydroxylation sites is 1. The van der Waals surface area contributed by atoms with Crippen LogP contribution in [0.2, 0.25) is 0 Å². The second kappa shape index (κ2) is 8.98. The molecule has 0 heterocycles. The maximum Gasteiger partial charge on any atom is 0.122 e. The van der Waals surface area contributed by atoms with Gasteiger partial charge in [-0.1, -0.05) is 45.4 Å². The summed E-state index contributed by atoms with van der Waals surface area (Å²) in [5.41, 5.74) is 1.33. The number of nitrogens with one attached hydrogen (secondary N) is 1. The van der Waals surface area contributed by atoms with Gasteiger partial charge >= 0.3 is 0 Å². The van der Waals surface area contributed by atoms with Gasteiger partial charge in [-0.05, 0) is 37.9 Å². The molecule has 0 bridgehead atoms. The van der Waals surface area contributed by atoms with Crippen LogP contribution in [0.25, 0.3) is 0 Å². The highest BCUT2D eigenvalue weighted by molar-refractivity contribution is 5.36. The highest BCUT2D eigenvalue weighted by Gasteiger charge is 2.20. The molecule has 0 amide bonds. The molecule has 0 aliphatic carbocycles. The predicted molar refractivity (Wildman–Crippen MR) is 83.0 cm³/mol. The largest absolute Gasteiger partial charge is 0.494 e. The fourth-order valence-electron chi connectivity index (χ4n) is 2.53. The maximum absolute atomic E-state index is 5.76. The van der Waals surface area contributed by atoms with Crippen LogP contribution in [-0.2, 0) is 0 Å². The molecule has 2 nitrogen and oxygen atoms in total. The van der Waals surface area contributed by atoms with Crippen molar-refractivity contribution in [2.75, 3.05) is 13.2 Å². The van der Waals surface area contributed by atoms with Gasteiger partial charge in [-0.15, -0.1) is 0 Å². The standard InChI is InChI=1S/C17H29NO/c1-5-10-16(18-13-6-2)14(4)15-11-8-9-12-17(15)19-7-3/h8-9,11-12,14,16,18H,5-7,10,13H2,1-4H3. The van der Waals surface area contributed by atoms with Crippen molar-refractivity contribution in [2.45, 2.75) is 58.9 Å². The Hall–Kier alpha value is -1.02. The molecule has 0 fully saturated rings. The van der Waals surface area contributed by atoms with E-state index in [0.29, 0.717) is 12.0 Å². The molecule has 2 unspecified atom stereocenters. The number of benzene rings is 1. The summed E-state index contributed by atoms with van der Waals surface area (Å²) in [7, 11) is 0. The highest BCUT2D eigenvalue weighted by Crippen LogP contribution is 2.30. The first-order valence-corrected chi connectivity index (χ1v) is 7.69. The van der Waals surface area contributed by atoms with Crippen molar-refractivity contribution < 1.29 is 4.74 Å². The molecule has 0 aliphatic rings. The minimum Gasteiger partial charge on any atom is -0.494 e. The molecule has 0 saturated carbocycles. The monoisotopic (exact) mass is 263 g/mol. The minimum atomic E-state index is 0.481. The van der Waals surface area contributed by atoms with E-state index in [0.717, 1.165) is 18.9 Å². The molecule has 1 N–H and O–H groups in total. The SMILES string of the molecule is CCCNC(CCC)C(C)c1ccccc1OCC. The lowest BCUT2D eigenvalue weighted by molar-refractivity contribution is 0.328.